The van der Waals surface area contributed by atoms with Crippen molar-refractivity contribution in [2.75, 3.05) is 0 Å². The van der Waals surface area contributed by atoms with Gasteiger partial charge in [0.25, 0.3) is 0 Å². The lowest BCUT2D eigenvalue weighted by Crippen LogP contribution is -1.93. The fourth-order valence-electron chi connectivity index (χ4n) is 7.23. The van der Waals surface area contributed by atoms with Crippen LogP contribution in [0.3, 0.4) is 0 Å². The first-order chi connectivity index (χ1) is 29.1. The molecule has 1 heteroatoms. The summed E-state index contributed by atoms with van der Waals surface area (Å²) in [5.41, 5.74) is 4.70. The van der Waals surface area contributed by atoms with Crippen LogP contribution in [0.5, 0.6) is 0 Å². The molecule has 0 radical (unpaired) electrons. The van der Waals surface area contributed by atoms with Gasteiger partial charge in [-0.1, -0.05) is 170 Å². The molecule has 0 N–H and O–H groups in total. The molecule has 0 bridgehead atoms. The molecule has 0 aliphatic rings. The van der Waals surface area contributed by atoms with Crippen molar-refractivity contribution in [3.8, 4) is 55.6 Å². The Labute approximate surface area is 309 Å². The Morgan fingerprint density at radius 3 is 1.49 bits per heavy atom. The van der Waals surface area contributed by atoms with E-state index >= 15 is 0 Å². The summed E-state index contributed by atoms with van der Waals surface area (Å²) in [5, 5.41) is 2.89. The fraction of sp³-hybridized carbons (Fsp3) is 0. The maximum atomic E-state index is 9.99. The van der Waals surface area contributed by atoms with Crippen LogP contribution in [-0.4, -0.2) is 0 Å². The number of hydrogen-bond acceptors (Lipinski definition) is 1. The first-order valence-electron chi connectivity index (χ1n) is 21.3. The first kappa shape index (κ1) is 21.4. The molecule has 0 aliphatic carbocycles. The summed E-state index contributed by atoms with van der Waals surface area (Å²) < 4.78 is 90.7. The highest BCUT2D eigenvalue weighted by molar-refractivity contribution is 6.26. The summed E-state index contributed by atoms with van der Waals surface area (Å²) in [7, 11) is 0. The molecule has 51 heavy (non-hydrogen) atoms. The van der Waals surface area contributed by atoms with E-state index in [0.29, 0.717) is 49.4 Å². The van der Waals surface area contributed by atoms with Gasteiger partial charge in [-0.05, 0) is 101 Å². The molecule has 0 aliphatic heterocycles. The standard InChI is InChI=1S/C50H32O/c1-4-15-33(16-5-1)36-28-30-46-45(31-36)50-43(25-14-26-47(50)51-46)49-41-23-12-10-21-39(41)48(40-22-11-13-24-42(40)49)37-27-29-38(34-17-6-2-7-18-34)44(32-37)35-19-8-3-9-20-35/h1-32H/i14D,25D,26D,27D,28D,29D,30D,31D,32D. The lowest BCUT2D eigenvalue weighted by atomic mass is 9.83. The second-order valence-electron chi connectivity index (χ2n) is 12.4. The molecule has 1 heterocycles. The number of fused-ring (bicyclic) bond motifs is 5. The molecule has 0 spiro atoms. The molecule has 238 valence electrons. The predicted molar refractivity (Wildman–Crippen MR) is 216 cm³/mol. The van der Waals surface area contributed by atoms with Gasteiger partial charge in [0.15, 0.2) is 0 Å². The quantitative estimate of drug-likeness (QED) is 0.168. The molecule has 0 amide bonds. The molecule has 10 rings (SSSR count). The maximum Gasteiger partial charge on any atom is 0.136 e. The average Bonchev–Trinajstić information content (AvgIpc) is 3.68. The zero-order valence-corrected chi connectivity index (χ0v) is 27.2. The Kier molecular flexibility index (Phi) is 5.04. The Morgan fingerprint density at radius 1 is 0.333 bits per heavy atom. The number of hydrogen-bond donors (Lipinski definition) is 0. The van der Waals surface area contributed by atoms with Gasteiger partial charge < -0.3 is 4.42 Å². The van der Waals surface area contributed by atoms with Gasteiger partial charge in [0.05, 0.1) is 12.3 Å². The zero-order valence-electron chi connectivity index (χ0n) is 36.2. The minimum Gasteiger partial charge on any atom is -0.456 e. The number of furan rings is 1. The minimum absolute atomic E-state index is 0.0228. The van der Waals surface area contributed by atoms with Crippen LogP contribution in [0.2, 0.25) is 0 Å². The van der Waals surface area contributed by atoms with Crippen LogP contribution in [-0.2, 0) is 0 Å². The molecule has 0 fully saturated rings. The monoisotopic (exact) mass is 657 g/mol. The van der Waals surface area contributed by atoms with Crippen LogP contribution < -0.4 is 0 Å². The van der Waals surface area contributed by atoms with Gasteiger partial charge in [-0.15, -0.1) is 0 Å². The smallest absolute Gasteiger partial charge is 0.136 e. The fourth-order valence-corrected chi connectivity index (χ4v) is 7.23. The lowest BCUT2D eigenvalue weighted by molar-refractivity contribution is 0.669. The van der Waals surface area contributed by atoms with Crippen molar-refractivity contribution >= 4 is 43.5 Å². The van der Waals surface area contributed by atoms with E-state index in [1.54, 1.807) is 24.3 Å². The van der Waals surface area contributed by atoms with Crippen molar-refractivity contribution in [1.29, 1.82) is 0 Å². The van der Waals surface area contributed by atoms with Gasteiger partial charge in [0, 0.05) is 10.8 Å². The van der Waals surface area contributed by atoms with E-state index in [0.717, 1.165) is 11.1 Å². The van der Waals surface area contributed by atoms with Gasteiger partial charge in [0.1, 0.15) is 11.2 Å². The average molecular weight is 658 g/mol. The van der Waals surface area contributed by atoms with Crippen molar-refractivity contribution in [2.24, 2.45) is 0 Å². The first-order valence-corrected chi connectivity index (χ1v) is 16.8. The molecule has 0 atom stereocenters. The van der Waals surface area contributed by atoms with Crippen LogP contribution in [0.4, 0.5) is 0 Å². The molecule has 1 nitrogen and oxygen atoms in total. The van der Waals surface area contributed by atoms with Crippen molar-refractivity contribution in [3.05, 3.63) is 194 Å². The van der Waals surface area contributed by atoms with Crippen molar-refractivity contribution in [2.45, 2.75) is 0 Å². The Balaban J connectivity index is 1.38. The van der Waals surface area contributed by atoms with Gasteiger partial charge in [0.2, 0.25) is 0 Å². The lowest BCUT2D eigenvalue weighted by Gasteiger charge is -2.19. The predicted octanol–water partition coefficient (Wildman–Crippen LogP) is 14.2. The number of benzene rings is 9. The van der Waals surface area contributed by atoms with Crippen LogP contribution in [0.25, 0.3) is 99.1 Å². The topological polar surface area (TPSA) is 13.1 Å². The van der Waals surface area contributed by atoms with Crippen LogP contribution >= 0.6 is 0 Å². The van der Waals surface area contributed by atoms with Crippen molar-refractivity contribution < 1.29 is 16.8 Å². The zero-order chi connectivity index (χ0) is 41.6. The molecule has 1 aromatic heterocycles. The summed E-state index contributed by atoms with van der Waals surface area (Å²) in [4.78, 5) is 0. The third-order valence-electron chi connectivity index (χ3n) is 9.50. The van der Waals surface area contributed by atoms with E-state index in [1.165, 1.54) is 0 Å². The van der Waals surface area contributed by atoms with E-state index in [2.05, 4.69) is 0 Å². The molecule has 10 aromatic rings. The van der Waals surface area contributed by atoms with E-state index < -0.39 is 6.04 Å². The molecular weight excluding hydrogens is 617 g/mol. The second-order valence-corrected chi connectivity index (χ2v) is 12.4. The van der Waals surface area contributed by atoms with Crippen molar-refractivity contribution in [3.63, 3.8) is 0 Å². The highest BCUT2D eigenvalue weighted by Gasteiger charge is 2.21. The minimum atomic E-state index is -0.397. The highest BCUT2D eigenvalue weighted by atomic mass is 16.3. The SMILES string of the molecule is [2H]c1c([2H])c(-c2ccccc2)c(-c2ccccc2)c([2H])c1-c1c2ccccc2c(-c2c([2H])c([2H])c([2H])c3oc4c([2H])c([2H])c(-c5ccccc5)c([2H])c4c23)c2ccccc12. The molecule has 0 saturated carbocycles. The maximum absolute atomic E-state index is 9.99. The van der Waals surface area contributed by atoms with E-state index in [9.17, 15) is 6.85 Å². The van der Waals surface area contributed by atoms with Gasteiger partial charge >= 0.3 is 0 Å². The normalized spacial score (nSPS) is 14.0. The van der Waals surface area contributed by atoms with E-state index in [4.69, 9.17) is 9.90 Å². The highest BCUT2D eigenvalue weighted by Crippen LogP contribution is 2.48. The van der Waals surface area contributed by atoms with Gasteiger partial charge in [-0.25, -0.2) is 0 Å². The summed E-state index contributed by atoms with van der Waals surface area (Å²) in [6, 6.07) is 41.2. The summed E-state index contributed by atoms with van der Waals surface area (Å²) in [6.45, 7) is 0. The second kappa shape index (κ2) is 12.0. The summed E-state index contributed by atoms with van der Waals surface area (Å²) >= 11 is 0. The van der Waals surface area contributed by atoms with Gasteiger partial charge in [-0.2, -0.15) is 0 Å². The van der Waals surface area contributed by atoms with Crippen LogP contribution in [0.1, 0.15) is 12.3 Å². The van der Waals surface area contributed by atoms with Crippen molar-refractivity contribution in [1.82, 2.24) is 0 Å². The van der Waals surface area contributed by atoms with Gasteiger partial charge in [-0.3, -0.25) is 0 Å². The van der Waals surface area contributed by atoms with Crippen LogP contribution in [0, 0.1) is 0 Å². The molecule has 9 aromatic carbocycles. The largest absolute Gasteiger partial charge is 0.456 e. The van der Waals surface area contributed by atoms with E-state index in [1.807, 2.05) is 115 Å². The molecule has 0 saturated heterocycles. The summed E-state index contributed by atoms with van der Waals surface area (Å²) in [5.74, 6) is 0. The molecule has 0 unspecified atom stereocenters. The van der Waals surface area contributed by atoms with E-state index in [-0.39, 0.29) is 87.0 Å². The van der Waals surface area contributed by atoms with Crippen LogP contribution in [0.15, 0.2) is 198 Å². The summed E-state index contributed by atoms with van der Waals surface area (Å²) in [6.07, 6.45) is 0. The molecular formula is C50H32O. The Morgan fingerprint density at radius 2 is 0.863 bits per heavy atom. The Hall–Kier alpha value is -6.70. The third-order valence-corrected chi connectivity index (χ3v) is 9.50. The Bertz CT molecular complexity index is 3340. The third kappa shape index (κ3) is 4.86. The number of rotatable bonds is 5.